The van der Waals surface area contributed by atoms with E-state index < -0.39 is 15.9 Å². The molecule has 1 amide bonds. The Hall–Kier alpha value is -4.24. The Balaban J connectivity index is 1.61. The minimum absolute atomic E-state index is 0.0231. The van der Waals surface area contributed by atoms with Gasteiger partial charge in [-0.1, -0.05) is 48.5 Å². The Kier molecular flexibility index (Phi) is 7.07. The monoisotopic (exact) mass is 488 g/mol. The zero-order chi connectivity index (χ0) is 24.8. The predicted octanol–water partition coefficient (Wildman–Crippen LogP) is 4.62. The maximum atomic E-state index is 13.4. The van der Waals surface area contributed by atoms with E-state index in [-0.39, 0.29) is 22.7 Å². The fourth-order valence-corrected chi connectivity index (χ4v) is 5.03. The van der Waals surface area contributed by atoms with Crippen molar-refractivity contribution < 1.29 is 17.9 Å². The minimum Gasteiger partial charge on any atom is -0.495 e. The van der Waals surface area contributed by atoms with Gasteiger partial charge in [0, 0.05) is 24.5 Å². The lowest BCUT2D eigenvalue weighted by Gasteiger charge is -2.23. The quantitative estimate of drug-likeness (QED) is 0.388. The fourth-order valence-electron chi connectivity index (χ4n) is 3.53. The van der Waals surface area contributed by atoms with Gasteiger partial charge >= 0.3 is 0 Å². The topological polar surface area (TPSA) is 101 Å². The maximum absolute atomic E-state index is 13.4. The number of nitrogens with one attached hydrogen (secondary N) is 1. The zero-order valence-corrected chi connectivity index (χ0v) is 20.1. The van der Waals surface area contributed by atoms with Crippen LogP contribution in [0.3, 0.4) is 0 Å². The van der Waals surface area contributed by atoms with E-state index in [4.69, 9.17) is 4.74 Å². The Bertz CT molecular complexity index is 1410. The molecule has 3 aromatic carbocycles. The Morgan fingerprint density at radius 1 is 0.943 bits per heavy atom. The van der Waals surface area contributed by atoms with Crippen molar-refractivity contribution >= 4 is 27.3 Å². The number of ether oxygens (including phenoxy) is 1. The fraction of sp³-hybridized carbons (Fsp3) is 0.115. The highest BCUT2D eigenvalue weighted by Gasteiger charge is 2.25. The molecule has 0 atom stereocenters. The van der Waals surface area contributed by atoms with Gasteiger partial charge in [0.25, 0.3) is 15.9 Å². The van der Waals surface area contributed by atoms with Crippen LogP contribution in [0.1, 0.15) is 17.3 Å². The van der Waals surface area contributed by atoms with E-state index in [9.17, 15) is 13.2 Å². The van der Waals surface area contributed by atoms with Crippen LogP contribution in [0.15, 0.2) is 96.2 Å². The SMILES string of the molecule is CCN(c1ccccc1)S(=O)(=O)c1ccc(OC)c(NC(=O)c2cnc(-c3ccccc3)nc2)c1. The average Bonchev–Trinajstić information content (AvgIpc) is 2.90. The third-order valence-corrected chi connectivity index (χ3v) is 7.18. The second-order valence-electron chi connectivity index (χ2n) is 7.48. The standard InChI is InChI=1S/C26H24N4O4S/c1-3-30(21-12-8-5-9-13-21)35(32,33)22-14-15-24(34-2)23(16-22)29-26(31)20-17-27-25(28-18-20)19-10-6-4-7-11-19/h4-18H,3H2,1-2H3,(H,29,31). The van der Waals surface area contributed by atoms with Gasteiger partial charge in [-0.3, -0.25) is 9.10 Å². The molecule has 35 heavy (non-hydrogen) atoms. The molecule has 0 aliphatic carbocycles. The number of carbonyl (C=O) groups excluding carboxylic acids is 1. The Morgan fingerprint density at radius 2 is 1.57 bits per heavy atom. The summed E-state index contributed by atoms with van der Waals surface area (Å²) in [6.07, 6.45) is 2.85. The number of nitrogens with zero attached hydrogens (tertiary/aromatic N) is 3. The number of para-hydroxylation sites is 1. The van der Waals surface area contributed by atoms with E-state index in [0.29, 0.717) is 17.3 Å². The third-order valence-electron chi connectivity index (χ3n) is 5.28. The lowest BCUT2D eigenvalue weighted by molar-refractivity contribution is 0.102. The van der Waals surface area contributed by atoms with E-state index in [2.05, 4.69) is 15.3 Å². The minimum atomic E-state index is -3.89. The van der Waals surface area contributed by atoms with Gasteiger partial charge in [0.05, 0.1) is 28.9 Å². The molecule has 0 radical (unpaired) electrons. The molecule has 1 aromatic heterocycles. The van der Waals surface area contributed by atoms with Crippen LogP contribution >= 0.6 is 0 Å². The molecule has 4 rings (SSSR count). The highest BCUT2D eigenvalue weighted by molar-refractivity contribution is 7.92. The van der Waals surface area contributed by atoms with Gasteiger partial charge in [0.1, 0.15) is 5.75 Å². The zero-order valence-electron chi connectivity index (χ0n) is 19.3. The van der Waals surface area contributed by atoms with Crippen LogP contribution in [0.25, 0.3) is 11.4 Å². The van der Waals surface area contributed by atoms with Gasteiger partial charge in [-0.25, -0.2) is 18.4 Å². The molecule has 1 N–H and O–H groups in total. The number of sulfonamides is 1. The number of carbonyl (C=O) groups is 1. The molecule has 0 unspecified atom stereocenters. The highest BCUT2D eigenvalue weighted by Crippen LogP contribution is 2.31. The van der Waals surface area contributed by atoms with E-state index in [1.165, 1.54) is 42.0 Å². The molecule has 0 fully saturated rings. The first kappa shape index (κ1) is 23.9. The lowest BCUT2D eigenvalue weighted by atomic mass is 10.2. The van der Waals surface area contributed by atoms with Crippen molar-refractivity contribution in [3.8, 4) is 17.1 Å². The average molecular weight is 489 g/mol. The molecule has 0 bridgehead atoms. The number of hydrogen-bond donors (Lipinski definition) is 1. The molecular weight excluding hydrogens is 464 g/mol. The largest absolute Gasteiger partial charge is 0.495 e. The van der Waals surface area contributed by atoms with Crippen LogP contribution in [0, 0.1) is 0 Å². The summed E-state index contributed by atoms with van der Waals surface area (Å²) in [4.78, 5) is 21.5. The molecule has 9 heteroatoms. The number of benzene rings is 3. The number of methoxy groups -OCH3 is 1. The van der Waals surface area contributed by atoms with Crippen molar-refractivity contribution in [1.82, 2.24) is 9.97 Å². The van der Waals surface area contributed by atoms with Crippen molar-refractivity contribution in [2.45, 2.75) is 11.8 Å². The summed E-state index contributed by atoms with van der Waals surface area (Å²) >= 11 is 0. The predicted molar refractivity (Wildman–Crippen MR) is 135 cm³/mol. The van der Waals surface area contributed by atoms with Gasteiger partial charge in [-0.15, -0.1) is 0 Å². The van der Waals surface area contributed by atoms with Crippen molar-refractivity contribution in [2.24, 2.45) is 0 Å². The first-order chi connectivity index (χ1) is 16.9. The summed E-state index contributed by atoms with van der Waals surface area (Å²) in [5.41, 5.74) is 1.82. The Morgan fingerprint density at radius 3 is 2.17 bits per heavy atom. The van der Waals surface area contributed by atoms with E-state index in [1.807, 2.05) is 36.4 Å². The van der Waals surface area contributed by atoms with Crippen LogP contribution in [0.2, 0.25) is 0 Å². The molecule has 0 saturated carbocycles. The van der Waals surface area contributed by atoms with Crippen LogP contribution in [-0.2, 0) is 10.0 Å². The van der Waals surface area contributed by atoms with Crippen molar-refractivity contribution in [1.29, 1.82) is 0 Å². The third kappa shape index (κ3) is 5.15. The van der Waals surface area contributed by atoms with Gasteiger partial charge in [-0.2, -0.15) is 0 Å². The number of rotatable bonds is 8. The first-order valence-electron chi connectivity index (χ1n) is 10.9. The maximum Gasteiger partial charge on any atom is 0.264 e. The molecule has 0 aliphatic rings. The first-order valence-corrected chi connectivity index (χ1v) is 12.3. The number of aromatic nitrogens is 2. The van der Waals surface area contributed by atoms with Crippen LogP contribution in [-0.4, -0.2) is 37.9 Å². The normalized spacial score (nSPS) is 11.0. The van der Waals surface area contributed by atoms with Crippen LogP contribution < -0.4 is 14.4 Å². The molecule has 0 saturated heterocycles. The van der Waals surface area contributed by atoms with Crippen molar-refractivity contribution in [3.63, 3.8) is 0 Å². The second-order valence-corrected chi connectivity index (χ2v) is 9.35. The summed E-state index contributed by atoms with van der Waals surface area (Å²) in [5.74, 6) is 0.322. The molecule has 178 valence electrons. The Labute approximate surface area is 204 Å². The van der Waals surface area contributed by atoms with Crippen molar-refractivity contribution in [3.05, 3.63) is 96.8 Å². The van der Waals surface area contributed by atoms with Gasteiger partial charge < -0.3 is 10.1 Å². The molecular formula is C26H24N4O4S. The summed E-state index contributed by atoms with van der Waals surface area (Å²) in [6, 6.07) is 22.6. The molecule has 0 aliphatic heterocycles. The summed E-state index contributed by atoms with van der Waals surface area (Å²) < 4.78 is 33.4. The number of amides is 1. The molecule has 1 heterocycles. The molecule has 0 spiro atoms. The molecule has 8 nitrogen and oxygen atoms in total. The summed E-state index contributed by atoms with van der Waals surface area (Å²) in [6.45, 7) is 2.00. The van der Waals surface area contributed by atoms with E-state index >= 15 is 0 Å². The smallest absolute Gasteiger partial charge is 0.264 e. The van der Waals surface area contributed by atoms with Crippen LogP contribution in [0.4, 0.5) is 11.4 Å². The van der Waals surface area contributed by atoms with Crippen molar-refractivity contribution in [2.75, 3.05) is 23.3 Å². The van der Waals surface area contributed by atoms with Gasteiger partial charge in [0.2, 0.25) is 0 Å². The highest BCUT2D eigenvalue weighted by atomic mass is 32.2. The lowest BCUT2D eigenvalue weighted by Crippen LogP contribution is -2.30. The summed E-state index contributed by atoms with van der Waals surface area (Å²) in [5, 5.41) is 2.72. The number of hydrogen-bond acceptors (Lipinski definition) is 6. The van der Waals surface area contributed by atoms with E-state index in [0.717, 1.165) is 5.56 Å². The number of anilines is 2. The second kappa shape index (κ2) is 10.4. The van der Waals surface area contributed by atoms with Crippen LogP contribution in [0.5, 0.6) is 5.75 Å². The molecule has 4 aromatic rings. The van der Waals surface area contributed by atoms with Gasteiger partial charge in [-0.05, 0) is 37.3 Å². The summed E-state index contributed by atoms with van der Waals surface area (Å²) in [7, 11) is -2.44. The van der Waals surface area contributed by atoms with Gasteiger partial charge in [0.15, 0.2) is 5.82 Å². The van der Waals surface area contributed by atoms with E-state index in [1.54, 1.807) is 31.2 Å².